The van der Waals surface area contributed by atoms with E-state index in [1.165, 1.54) is 24.8 Å². The molecule has 3 fully saturated rings. The lowest BCUT2D eigenvalue weighted by Crippen LogP contribution is -2.53. The van der Waals surface area contributed by atoms with Crippen LogP contribution in [0.15, 0.2) is 24.3 Å². The van der Waals surface area contributed by atoms with Crippen LogP contribution in [0.4, 0.5) is 0 Å². The maximum atomic E-state index is 5.73. The monoisotopic (exact) mass is 410 g/mol. The predicted molar refractivity (Wildman–Crippen MR) is 114 cm³/mol. The van der Waals surface area contributed by atoms with Gasteiger partial charge in [-0.3, -0.25) is 0 Å². The van der Waals surface area contributed by atoms with Gasteiger partial charge >= 0.3 is 0 Å². The Morgan fingerprint density at radius 2 is 1.89 bits per heavy atom. The summed E-state index contributed by atoms with van der Waals surface area (Å²) in [5.74, 6) is 1.60. The lowest BCUT2D eigenvalue weighted by atomic mass is 9.73. The van der Waals surface area contributed by atoms with Crippen molar-refractivity contribution in [2.24, 2.45) is 5.92 Å². The molecule has 0 radical (unpaired) electrons. The Bertz CT molecular complexity index is 586. The highest BCUT2D eigenvalue weighted by Crippen LogP contribution is 2.37. The Kier molecular flexibility index (Phi) is 8.01. The minimum absolute atomic E-state index is 0. The van der Waals surface area contributed by atoms with Crippen LogP contribution in [0.2, 0.25) is 0 Å². The average Bonchev–Trinajstić information content (AvgIpc) is 3.22. The first-order chi connectivity index (χ1) is 13.3. The number of nitrogens with one attached hydrogen (secondary N) is 2. The van der Waals surface area contributed by atoms with Gasteiger partial charge in [0.15, 0.2) is 0 Å². The van der Waals surface area contributed by atoms with Crippen molar-refractivity contribution in [3.8, 4) is 5.75 Å². The van der Waals surface area contributed by atoms with Crippen LogP contribution in [-0.4, -0.2) is 58.7 Å². The highest BCUT2D eigenvalue weighted by Gasteiger charge is 2.38. The molecule has 2 N–H and O–H groups in total. The van der Waals surface area contributed by atoms with Gasteiger partial charge in [0.1, 0.15) is 5.75 Å². The average molecular weight is 411 g/mol. The van der Waals surface area contributed by atoms with Crippen molar-refractivity contribution in [3.63, 3.8) is 0 Å². The quantitative estimate of drug-likeness (QED) is 0.755. The molecule has 3 aliphatic rings. The van der Waals surface area contributed by atoms with E-state index < -0.39 is 0 Å². The number of ether oxygens (including phenoxy) is 3. The van der Waals surface area contributed by atoms with Crippen molar-refractivity contribution in [2.45, 2.75) is 49.6 Å². The third-order valence-electron chi connectivity index (χ3n) is 6.89. The Morgan fingerprint density at radius 3 is 2.57 bits per heavy atom. The third-order valence-corrected chi connectivity index (χ3v) is 6.89. The number of hydrogen-bond donors (Lipinski definition) is 2. The summed E-state index contributed by atoms with van der Waals surface area (Å²) in [4.78, 5) is 0. The largest absolute Gasteiger partial charge is 0.497 e. The van der Waals surface area contributed by atoms with Crippen LogP contribution in [0, 0.1) is 5.92 Å². The van der Waals surface area contributed by atoms with Crippen molar-refractivity contribution < 1.29 is 14.2 Å². The molecule has 28 heavy (non-hydrogen) atoms. The molecule has 2 aliphatic heterocycles. The molecular formula is C22H35ClN2O3. The molecule has 1 aliphatic carbocycles. The normalized spacial score (nSPS) is 29.8. The maximum absolute atomic E-state index is 5.73. The second-order valence-electron chi connectivity index (χ2n) is 8.34. The van der Waals surface area contributed by atoms with E-state index in [1.807, 2.05) is 0 Å². The second-order valence-corrected chi connectivity index (χ2v) is 8.34. The van der Waals surface area contributed by atoms with E-state index in [2.05, 4.69) is 34.9 Å². The molecule has 0 aromatic heterocycles. The summed E-state index contributed by atoms with van der Waals surface area (Å²) in [6.07, 6.45) is 6.05. The van der Waals surface area contributed by atoms with E-state index in [4.69, 9.17) is 14.2 Å². The number of morpholine rings is 1. The van der Waals surface area contributed by atoms with Crippen molar-refractivity contribution >= 4 is 12.4 Å². The zero-order valence-corrected chi connectivity index (χ0v) is 17.8. The number of methoxy groups -OCH3 is 1. The van der Waals surface area contributed by atoms with Crippen LogP contribution in [0.5, 0.6) is 5.75 Å². The van der Waals surface area contributed by atoms with Crippen LogP contribution in [0.1, 0.15) is 37.7 Å². The van der Waals surface area contributed by atoms with Gasteiger partial charge in [0, 0.05) is 43.8 Å². The van der Waals surface area contributed by atoms with Crippen LogP contribution >= 0.6 is 12.4 Å². The highest BCUT2D eigenvalue weighted by atomic mass is 35.5. The highest BCUT2D eigenvalue weighted by molar-refractivity contribution is 5.85. The molecule has 2 saturated heterocycles. The van der Waals surface area contributed by atoms with Crippen molar-refractivity contribution in [2.75, 3.05) is 46.6 Å². The molecule has 0 amide bonds. The predicted octanol–water partition coefficient (Wildman–Crippen LogP) is 2.91. The summed E-state index contributed by atoms with van der Waals surface area (Å²) in [7, 11) is 1.73. The van der Waals surface area contributed by atoms with Gasteiger partial charge in [-0.1, -0.05) is 18.6 Å². The molecule has 3 unspecified atom stereocenters. The number of rotatable bonds is 6. The SMILES string of the molecule is COc1ccc(C2(CNC3CCCC3C3COCCN3)CCOCC2)cc1.Cl. The van der Waals surface area contributed by atoms with Crippen LogP contribution in [0.3, 0.4) is 0 Å². The zero-order chi connectivity index (χ0) is 18.5. The molecule has 6 heteroatoms. The molecule has 2 heterocycles. The molecule has 4 rings (SSSR count). The maximum Gasteiger partial charge on any atom is 0.118 e. The zero-order valence-electron chi connectivity index (χ0n) is 17.0. The van der Waals surface area contributed by atoms with Gasteiger partial charge < -0.3 is 24.8 Å². The van der Waals surface area contributed by atoms with E-state index in [-0.39, 0.29) is 17.8 Å². The molecule has 3 atom stereocenters. The number of hydrogen-bond acceptors (Lipinski definition) is 5. The van der Waals surface area contributed by atoms with Gasteiger partial charge in [0.05, 0.1) is 20.3 Å². The molecule has 1 saturated carbocycles. The summed E-state index contributed by atoms with van der Waals surface area (Å²) in [6.45, 7) is 5.42. The molecule has 1 aromatic carbocycles. The van der Waals surface area contributed by atoms with Crippen LogP contribution < -0.4 is 15.4 Å². The van der Waals surface area contributed by atoms with E-state index in [0.29, 0.717) is 18.0 Å². The third kappa shape index (κ3) is 4.82. The Labute approximate surface area is 175 Å². The fourth-order valence-corrected chi connectivity index (χ4v) is 5.19. The molecule has 0 bridgehead atoms. The van der Waals surface area contributed by atoms with E-state index in [0.717, 1.165) is 58.1 Å². The van der Waals surface area contributed by atoms with Crippen LogP contribution in [0.25, 0.3) is 0 Å². The lowest BCUT2D eigenvalue weighted by Gasteiger charge is -2.40. The first-order valence-corrected chi connectivity index (χ1v) is 10.6. The summed E-state index contributed by atoms with van der Waals surface area (Å²) < 4.78 is 16.8. The lowest BCUT2D eigenvalue weighted by molar-refractivity contribution is 0.0419. The van der Waals surface area contributed by atoms with Gasteiger partial charge in [-0.25, -0.2) is 0 Å². The summed E-state index contributed by atoms with van der Waals surface area (Å²) in [5.41, 5.74) is 1.57. The van der Waals surface area contributed by atoms with E-state index in [1.54, 1.807) is 7.11 Å². The smallest absolute Gasteiger partial charge is 0.118 e. The summed E-state index contributed by atoms with van der Waals surface area (Å²) in [6, 6.07) is 9.76. The Morgan fingerprint density at radius 1 is 1.11 bits per heavy atom. The topological polar surface area (TPSA) is 51.8 Å². The Balaban J connectivity index is 0.00000225. The van der Waals surface area contributed by atoms with Gasteiger partial charge in [0.25, 0.3) is 0 Å². The van der Waals surface area contributed by atoms with Crippen molar-refractivity contribution in [1.29, 1.82) is 0 Å². The van der Waals surface area contributed by atoms with Gasteiger partial charge in [-0.2, -0.15) is 0 Å². The minimum Gasteiger partial charge on any atom is -0.497 e. The Hall–Kier alpha value is -0.850. The fraction of sp³-hybridized carbons (Fsp3) is 0.727. The molecule has 1 aromatic rings. The number of benzene rings is 1. The standard InChI is InChI=1S/C22H34N2O3.ClH/c1-25-18-7-5-17(6-8-18)22(9-12-26-13-10-22)16-24-20-4-2-3-19(20)21-15-27-14-11-23-21;/h5-8,19-21,23-24H,2-4,9-16H2,1H3;1H. The molecule has 5 nitrogen and oxygen atoms in total. The van der Waals surface area contributed by atoms with Crippen molar-refractivity contribution in [1.82, 2.24) is 10.6 Å². The molecule has 158 valence electrons. The summed E-state index contributed by atoms with van der Waals surface area (Å²) >= 11 is 0. The van der Waals surface area contributed by atoms with Crippen LogP contribution in [-0.2, 0) is 14.9 Å². The molecular weight excluding hydrogens is 376 g/mol. The molecule has 0 spiro atoms. The first-order valence-electron chi connectivity index (χ1n) is 10.6. The number of halogens is 1. The van der Waals surface area contributed by atoms with E-state index in [9.17, 15) is 0 Å². The summed E-state index contributed by atoms with van der Waals surface area (Å²) in [5, 5.41) is 7.67. The van der Waals surface area contributed by atoms with Crippen molar-refractivity contribution in [3.05, 3.63) is 29.8 Å². The first kappa shape index (κ1) is 21.8. The fourth-order valence-electron chi connectivity index (χ4n) is 5.19. The van der Waals surface area contributed by atoms with Gasteiger partial charge in [-0.05, 0) is 49.3 Å². The van der Waals surface area contributed by atoms with E-state index >= 15 is 0 Å². The second kappa shape index (κ2) is 10.3. The van der Waals surface area contributed by atoms with Gasteiger partial charge in [0.2, 0.25) is 0 Å². The minimum atomic E-state index is 0. The van der Waals surface area contributed by atoms with Gasteiger partial charge in [-0.15, -0.1) is 12.4 Å².